The first kappa shape index (κ1) is 11.6. The van der Waals surface area contributed by atoms with E-state index in [0.717, 1.165) is 0 Å². The Hall–Kier alpha value is -1.87. The van der Waals surface area contributed by atoms with Crippen molar-refractivity contribution in [2.75, 3.05) is 7.11 Å². The normalized spacial score (nSPS) is 10.0. The molecule has 2 aromatic rings. The van der Waals surface area contributed by atoms with Gasteiger partial charge in [0.15, 0.2) is 17.3 Å². The van der Waals surface area contributed by atoms with E-state index in [0.29, 0.717) is 16.0 Å². The van der Waals surface area contributed by atoms with Crippen molar-refractivity contribution < 1.29 is 9.13 Å². The number of nitriles is 1. The minimum Gasteiger partial charge on any atom is -0.494 e. The Balaban J connectivity index is 2.47. The molecule has 0 amide bonds. The SMILES string of the molecule is COc1ccc(-c2nc(C#N)c(Br)[nH]2)cc1F. The standard InChI is InChI=1S/C11H7BrFN3O/c1-17-9-3-2-6(4-7(9)13)11-15-8(5-14)10(12)16-11/h2-4H,1H3,(H,15,16). The van der Waals surface area contributed by atoms with Crippen LogP contribution in [-0.4, -0.2) is 17.1 Å². The minimum atomic E-state index is -0.476. The highest BCUT2D eigenvalue weighted by Crippen LogP contribution is 2.25. The number of imidazole rings is 1. The summed E-state index contributed by atoms with van der Waals surface area (Å²) in [6, 6.07) is 6.38. The van der Waals surface area contributed by atoms with Crippen LogP contribution in [0, 0.1) is 17.1 Å². The first-order chi connectivity index (χ1) is 8.15. The van der Waals surface area contributed by atoms with Crippen LogP contribution in [0.5, 0.6) is 5.75 Å². The van der Waals surface area contributed by atoms with Gasteiger partial charge < -0.3 is 9.72 Å². The lowest BCUT2D eigenvalue weighted by atomic mass is 10.2. The van der Waals surface area contributed by atoms with Crippen molar-refractivity contribution in [1.29, 1.82) is 5.26 Å². The third-order valence-electron chi connectivity index (χ3n) is 2.19. The predicted molar refractivity (Wildman–Crippen MR) is 62.9 cm³/mol. The van der Waals surface area contributed by atoms with Gasteiger partial charge in [0.1, 0.15) is 16.5 Å². The van der Waals surface area contributed by atoms with E-state index < -0.39 is 5.82 Å². The van der Waals surface area contributed by atoms with Gasteiger partial charge in [0.05, 0.1) is 7.11 Å². The lowest BCUT2D eigenvalue weighted by Gasteiger charge is -2.02. The summed E-state index contributed by atoms with van der Waals surface area (Å²) in [5.74, 6) is 0.117. The van der Waals surface area contributed by atoms with Crippen LogP contribution >= 0.6 is 15.9 Å². The van der Waals surface area contributed by atoms with Crippen molar-refractivity contribution in [2.24, 2.45) is 0 Å². The number of aromatic amines is 1. The van der Waals surface area contributed by atoms with Gasteiger partial charge in [-0.2, -0.15) is 5.26 Å². The maximum absolute atomic E-state index is 13.5. The average molecular weight is 296 g/mol. The molecule has 0 aliphatic rings. The Kier molecular flexibility index (Phi) is 3.11. The van der Waals surface area contributed by atoms with Crippen LogP contribution in [0.1, 0.15) is 5.69 Å². The van der Waals surface area contributed by atoms with E-state index in [9.17, 15) is 4.39 Å². The molecule has 17 heavy (non-hydrogen) atoms. The number of benzene rings is 1. The molecule has 1 N–H and O–H groups in total. The number of rotatable bonds is 2. The quantitative estimate of drug-likeness (QED) is 0.927. The molecule has 0 atom stereocenters. The van der Waals surface area contributed by atoms with E-state index in [2.05, 4.69) is 25.9 Å². The van der Waals surface area contributed by atoms with Crippen molar-refractivity contribution in [3.63, 3.8) is 0 Å². The van der Waals surface area contributed by atoms with Gasteiger partial charge in [0, 0.05) is 5.56 Å². The molecule has 0 saturated carbocycles. The fraction of sp³-hybridized carbons (Fsp3) is 0.0909. The van der Waals surface area contributed by atoms with Gasteiger partial charge in [-0.15, -0.1) is 0 Å². The fourth-order valence-corrected chi connectivity index (χ4v) is 1.74. The number of hydrogen-bond donors (Lipinski definition) is 1. The minimum absolute atomic E-state index is 0.167. The van der Waals surface area contributed by atoms with Crippen LogP contribution in [0.4, 0.5) is 4.39 Å². The Bertz CT molecular complexity index is 603. The van der Waals surface area contributed by atoms with E-state index in [1.54, 1.807) is 6.07 Å². The third-order valence-corrected chi connectivity index (χ3v) is 2.76. The molecule has 1 aromatic carbocycles. The third kappa shape index (κ3) is 2.15. The molecule has 4 nitrogen and oxygen atoms in total. The Morgan fingerprint density at radius 2 is 2.29 bits per heavy atom. The highest BCUT2D eigenvalue weighted by molar-refractivity contribution is 9.10. The van der Waals surface area contributed by atoms with Gasteiger partial charge in [-0.25, -0.2) is 9.37 Å². The van der Waals surface area contributed by atoms with E-state index >= 15 is 0 Å². The van der Waals surface area contributed by atoms with Gasteiger partial charge in [-0.1, -0.05) is 0 Å². The monoisotopic (exact) mass is 295 g/mol. The lowest BCUT2D eigenvalue weighted by Crippen LogP contribution is -1.89. The zero-order chi connectivity index (χ0) is 12.4. The van der Waals surface area contributed by atoms with Gasteiger partial charge in [-0.05, 0) is 34.1 Å². The van der Waals surface area contributed by atoms with Crippen molar-refractivity contribution in [1.82, 2.24) is 9.97 Å². The number of nitrogens with zero attached hydrogens (tertiary/aromatic N) is 2. The van der Waals surface area contributed by atoms with Crippen molar-refractivity contribution in [3.8, 4) is 23.2 Å². The number of methoxy groups -OCH3 is 1. The second-order valence-electron chi connectivity index (χ2n) is 3.21. The Morgan fingerprint density at radius 3 is 2.82 bits per heavy atom. The molecular formula is C11H7BrFN3O. The molecule has 1 aromatic heterocycles. The predicted octanol–water partition coefficient (Wildman–Crippen LogP) is 2.86. The molecule has 0 aliphatic heterocycles. The number of halogens is 2. The molecule has 0 bridgehead atoms. The zero-order valence-corrected chi connectivity index (χ0v) is 10.4. The maximum Gasteiger partial charge on any atom is 0.173 e. The summed E-state index contributed by atoms with van der Waals surface area (Å²) in [5, 5.41) is 8.76. The van der Waals surface area contributed by atoms with Crippen molar-refractivity contribution in [3.05, 3.63) is 34.3 Å². The van der Waals surface area contributed by atoms with E-state index in [4.69, 9.17) is 10.00 Å². The molecule has 0 saturated heterocycles. The van der Waals surface area contributed by atoms with Crippen LogP contribution in [0.3, 0.4) is 0 Å². The summed E-state index contributed by atoms with van der Waals surface area (Å²) < 4.78 is 18.8. The van der Waals surface area contributed by atoms with Crippen LogP contribution < -0.4 is 4.74 Å². The number of hydrogen-bond acceptors (Lipinski definition) is 3. The van der Waals surface area contributed by atoms with Crippen molar-refractivity contribution >= 4 is 15.9 Å². The summed E-state index contributed by atoms with van der Waals surface area (Å²) in [6.45, 7) is 0. The number of nitrogens with one attached hydrogen (secondary N) is 1. The molecule has 6 heteroatoms. The number of aromatic nitrogens is 2. The molecule has 1 heterocycles. The second-order valence-corrected chi connectivity index (χ2v) is 4.00. The van der Waals surface area contributed by atoms with Crippen molar-refractivity contribution in [2.45, 2.75) is 0 Å². The number of H-pyrrole nitrogens is 1. The average Bonchev–Trinajstić information content (AvgIpc) is 2.70. The first-order valence-corrected chi connectivity index (χ1v) is 5.44. The van der Waals surface area contributed by atoms with E-state index in [-0.39, 0.29) is 11.4 Å². The van der Waals surface area contributed by atoms with Gasteiger partial charge >= 0.3 is 0 Å². The molecule has 2 rings (SSSR count). The molecule has 0 spiro atoms. The zero-order valence-electron chi connectivity index (χ0n) is 8.79. The molecule has 86 valence electrons. The van der Waals surface area contributed by atoms with Crippen LogP contribution in [-0.2, 0) is 0 Å². The largest absolute Gasteiger partial charge is 0.494 e. The molecule has 0 fully saturated rings. The summed E-state index contributed by atoms with van der Waals surface area (Å²) in [5.41, 5.74) is 0.779. The highest BCUT2D eigenvalue weighted by Gasteiger charge is 2.11. The van der Waals surface area contributed by atoms with Gasteiger partial charge in [0.25, 0.3) is 0 Å². The molecule has 0 aliphatic carbocycles. The van der Waals surface area contributed by atoms with Crippen LogP contribution in [0.25, 0.3) is 11.4 Å². The van der Waals surface area contributed by atoms with Crippen LogP contribution in [0.15, 0.2) is 22.8 Å². The van der Waals surface area contributed by atoms with Gasteiger partial charge in [-0.3, -0.25) is 0 Å². The topological polar surface area (TPSA) is 61.7 Å². The molecule has 0 unspecified atom stereocenters. The summed E-state index contributed by atoms with van der Waals surface area (Å²) in [4.78, 5) is 6.88. The Morgan fingerprint density at radius 1 is 1.53 bits per heavy atom. The van der Waals surface area contributed by atoms with Gasteiger partial charge in [0.2, 0.25) is 0 Å². The van der Waals surface area contributed by atoms with E-state index in [1.807, 2.05) is 6.07 Å². The molecular weight excluding hydrogens is 289 g/mol. The second kappa shape index (κ2) is 4.55. The highest BCUT2D eigenvalue weighted by atomic mass is 79.9. The molecule has 0 radical (unpaired) electrons. The Labute approximate surface area is 105 Å². The first-order valence-electron chi connectivity index (χ1n) is 4.65. The van der Waals surface area contributed by atoms with Crippen LogP contribution in [0.2, 0.25) is 0 Å². The fourth-order valence-electron chi connectivity index (χ4n) is 1.38. The lowest BCUT2D eigenvalue weighted by molar-refractivity contribution is 0.386. The summed E-state index contributed by atoms with van der Waals surface area (Å²) in [7, 11) is 1.40. The maximum atomic E-state index is 13.5. The summed E-state index contributed by atoms with van der Waals surface area (Å²) in [6.07, 6.45) is 0. The van der Waals surface area contributed by atoms with E-state index in [1.165, 1.54) is 19.2 Å². The smallest absolute Gasteiger partial charge is 0.173 e. The summed E-state index contributed by atoms with van der Waals surface area (Å²) >= 11 is 3.16. The number of ether oxygens (including phenoxy) is 1.